The van der Waals surface area contributed by atoms with E-state index in [0.717, 1.165) is 30.0 Å². The zero-order valence-corrected chi connectivity index (χ0v) is 11.1. The average Bonchev–Trinajstić information content (AvgIpc) is 2.80. The first kappa shape index (κ1) is 13.7. The Morgan fingerprint density at radius 2 is 2.05 bits per heavy atom. The Hall–Kier alpha value is -2.24. The number of nitrogens with two attached hydrogens (primary N) is 1. The number of alkyl halides is 3. The van der Waals surface area contributed by atoms with E-state index in [1.807, 2.05) is 12.1 Å². The summed E-state index contributed by atoms with van der Waals surface area (Å²) in [6.07, 6.45) is -1.53. The molecule has 2 aromatic rings. The molecule has 0 spiro atoms. The molecule has 1 heterocycles. The van der Waals surface area contributed by atoms with Gasteiger partial charge in [-0.2, -0.15) is 13.2 Å². The van der Waals surface area contributed by atoms with Crippen molar-refractivity contribution in [2.75, 3.05) is 11.1 Å². The Bertz CT molecular complexity index is 667. The quantitative estimate of drug-likeness (QED) is 0.828. The Morgan fingerprint density at radius 3 is 2.81 bits per heavy atom. The molecule has 0 fully saturated rings. The number of nitrogens with zero attached hydrogens (tertiary/aromatic N) is 1. The number of pyridine rings is 1. The Balaban J connectivity index is 1.90. The molecule has 3 rings (SSSR count). The third-order valence-corrected chi connectivity index (χ3v) is 3.67. The van der Waals surface area contributed by atoms with Gasteiger partial charge in [0.1, 0.15) is 5.82 Å². The topological polar surface area (TPSA) is 50.9 Å². The van der Waals surface area contributed by atoms with Gasteiger partial charge < -0.3 is 11.1 Å². The number of rotatable bonds is 2. The minimum atomic E-state index is -4.42. The van der Waals surface area contributed by atoms with Crippen molar-refractivity contribution in [2.24, 2.45) is 0 Å². The predicted molar refractivity (Wildman–Crippen MR) is 74.8 cm³/mol. The molecule has 0 aliphatic heterocycles. The van der Waals surface area contributed by atoms with Crippen LogP contribution in [0.25, 0.3) is 0 Å². The van der Waals surface area contributed by atoms with Gasteiger partial charge in [0.05, 0.1) is 11.6 Å². The SMILES string of the molecule is Nc1ccc2c(c1)CCC2Nc1ncccc1C(F)(F)F. The van der Waals surface area contributed by atoms with Gasteiger partial charge in [0.25, 0.3) is 0 Å². The van der Waals surface area contributed by atoms with Crippen LogP contribution in [0.1, 0.15) is 29.2 Å². The normalized spacial score (nSPS) is 17.6. The second kappa shape index (κ2) is 4.95. The summed E-state index contributed by atoms with van der Waals surface area (Å²) in [5.74, 6) is -0.125. The molecule has 1 aliphatic rings. The monoisotopic (exact) mass is 293 g/mol. The molecular formula is C15H14F3N3. The van der Waals surface area contributed by atoms with E-state index in [0.29, 0.717) is 5.69 Å². The van der Waals surface area contributed by atoms with Crippen LogP contribution < -0.4 is 11.1 Å². The lowest BCUT2D eigenvalue weighted by atomic mass is 10.1. The summed E-state index contributed by atoms with van der Waals surface area (Å²) in [6, 6.07) is 7.66. The first-order valence-electron chi connectivity index (χ1n) is 6.62. The summed E-state index contributed by atoms with van der Waals surface area (Å²) in [5.41, 5.74) is 7.73. The largest absolute Gasteiger partial charge is 0.419 e. The number of aryl methyl sites for hydroxylation is 1. The molecule has 1 aliphatic carbocycles. The lowest BCUT2D eigenvalue weighted by Crippen LogP contribution is -2.15. The molecule has 6 heteroatoms. The Morgan fingerprint density at radius 1 is 1.24 bits per heavy atom. The minimum Gasteiger partial charge on any atom is -0.399 e. The fourth-order valence-electron chi connectivity index (χ4n) is 2.70. The number of benzene rings is 1. The van der Waals surface area contributed by atoms with Crippen LogP contribution in [0, 0.1) is 0 Å². The number of nitrogen functional groups attached to an aromatic ring is 1. The van der Waals surface area contributed by atoms with Crippen molar-refractivity contribution >= 4 is 11.5 Å². The smallest absolute Gasteiger partial charge is 0.399 e. The highest BCUT2D eigenvalue weighted by Crippen LogP contribution is 2.38. The van der Waals surface area contributed by atoms with Gasteiger partial charge in [-0.1, -0.05) is 6.07 Å². The predicted octanol–water partition coefficient (Wildman–Crippen LogP) is 3.78. The van der Waals surface area contributed by atoms with E-state index in [9.17, 15) is 13.2 Å². The number of hydrogen-bond acceptors (Lipinski definition) is 3. The zero-order chi connectivity index (χ0) is 15.0. The van der Waals surface area contributed by atoms with Crippen LogP contribution in [-0.4, -0.2) is 4.98 Å². The third-order valence-electron chi connectivity index (χ3n) is 3.67. The highest BCUT2D eigenvalue weighted by atomic mass is 19.4. The summed E-state index contributed by atoms with van der Waals surface area (Å²) in [4.78, 5) is 3.84. The minimum absolute atomic E-state index is 0.125. The molecule has 110 valence electrons. The number of hydrogen-bond donors (Lipinski definition) is 2. The van der Waals surface area contributed by atoms with Gasteiger partial charge in [0.2, 0.25) is 0 Å². The first-order valence-corrected chi connectivity index (χ1v) is 6.62. The number of anilines is 2. The third kappa shape index (κ3) is 2.66. The number of halogens is 3. The highest BCUT2D eigenvalue weighted by Gasteiger charge is 2.35. The van der Waals surface area contributed by atoms with Crippen molar-refractivity contribution < 1.29 is 13.2 Å². The van der Waals surface area contributed by atoms with Crippen LogP contribution >= 0.6 is 0 Å². The van der Waals surface area contributed by atoms with E-state index in [4.69, 9.17) is 5.73 Å². The van der Waals surface area contributed by atoms with Gasteiger partial charge >= 0.3 is 6.18 Å². The van der Waals surface area contributed by atoms with Crippen LogP contribution in [0.4, 0.5) is 24.7 Å². The van der Waals surface area contributed by atoms with Crippen molar-refractivity contribution in [3.63, 3.8) is 0 Å². The molecule has 1 aromatic heterocycles. The van der Waals surface area contributed by atoms with Crippen molar-refractivity contribution in [1.82, 2.24) is 4.98 Å². The van der Waals surface area contributed by atoms with Gasteiger partial charge in [-0.25, -0.2) is 4.98 Å². The summed E-state index contributed by atoms with van der Waals surface area (Å²) >= 11 is 0. The molecule has 0 bridgehead atoms. The molecule has 0 radical (unpaired) electrons. The number of nitrogens with one attached hydrogen (secondary N) is 1. The molecule has 3 N–H and O–H groups in total. The maximum absolute atomic E-state index is 13.0. The molecular weight excluding hydrogens is 279 g/mol. The maximum Gasteiger partial charge on any atom is 0.419 e. The van der Waals surface area contributed by atoms with E-state index in [1.54, 1.807) is 6.07 Å². The Labute approximate surface area is 120 Å². The van der Waals surface area contributed by atoms with Gasteiger partial charge in [0, 0.05) is 11.9 Å². The zero-order valence-electron chi connectivity index (χ0n) is 11.1. The lowest BCUT2D eigenvalue weighted by Gasteiger charge is -2.18. The summed E-state index contributed by atoms with van der Waals surface area (Å²) in [6.45, 7) is 0. The van der Waals surface area contributed by atoms with E-state index in [2.05, 4.69) is 10.3 Å². The Kier molecular flexibility index (Phi) is 3.23. The fraction of sp³-hybridized carbons (Fsp3) is 0.267. The molecule has 1 unspecified atom stereocenters. The van der Waals surface area contributed by atoms with Crippen molar-refractivity contribution in [2.45, 2.75) is 25.1 Å². The van der Waals surface area contributed by atoms with Crippen LogP contribution in [0.2, 0.25) is 0 Å². The summed E-state index contributed by atoms with van der Waals surface area (Å²) in [5, 5.41) is 2.92. The lowest BCUT2D eigenvalue weighted by molar-refractivity contribution is -0.137. The maximum atomic E-state index is 13.0. The van der Waals surface area contributed by atoms with Gasteiger partial charge in [-0.05, 0) is 48.2 Å². The van der Waals surface area contributed by atoms with Crippen LogP contribution in [0.15, 0.2) is 36.5 Å². The van der Waals surface area contributed by atoms with E-state index < -0.39 is 11.7 Å². The van der Waals surface area contributed by atoms with Crippen LogP contribution in [0.3, 0.4) is 0 Å². The molecule has 0 saturated heterocycles. The molecule has 1 atom stereocenters. The molecule has 0 amide bonds. The number of aromatic nitrogens is 1. The fourth-order valence-corrected chi connectivity index (χ4v) is 2.70. The van der Waals surface area contributed by atoms with E-state index >= 15 is 0 Å². The van der Waals surface area contributed by atoms with Crippen molar-refractivity contribution in [3.05, 3.63) is 53.2 Å². The highest BCUT2D eigenvalue weighted by molar-refractivity contribution is 5.53. The summed E-state index contributed by atoms with van der Waals surface area (Å²) < 4.78 is 38.9. The van der Waals surface area contributed by atoms with Gasteiger partial charge in [-0.3, -0.25) is 0 Å². The van der Waals surface area contributed by atoms with E-state index in [-0.39, 0.29) is 11.9 Å². The van der Waals surface area contributed by atoms with Crippen molar-refractivity contribution in [3.8, 4) is 0 Å². The van der Waals surface area contributed by atoms with Crippen LogP contribution in [0.5, 0.6) is 0 Å². The van der Waals surface area contributed by atoms with Crippen molar-refractivity contribution in [1.29, 1.82) is 0 Å². The standard InChI is InChI=1S/C15H14F3N3/c16-15(17,18)12-2-1-7-20-14(12)21-13-6-3-9-8-10(19)4-5-11(9)13/h1-2,4-5,7-8,13H,3,6,19H2,(H,20,21). The molecule has 21 heavy (non-hydrogen) atoms. The van der Waals surface area contributed by atoms with Gasteiger partial charge in [-0.15, -0.1) is 0 Å². The second-order valence-electron chi connectivity index (χ2n) is 5.09. The number of fused-ring (bicyclic) bond motifs is 1. The molecule has 1 aromatic carbocycles. The molecule has 3 nitrogen and oxygen atoms in total. The molecule has 0 saturated carbocycles. The summed E-state index contributed by atoms with van der Waals surface area (Å²) in [7, 11) is 0. The average molecular weight is 293 g/mol. The van der Waals surface area contributed by atoms with Crippen LogP contribution in [-0.2, 0) is 12.6 Å². The van der Waals surface area contributed by atoms with E-state index in [1.165, 1.54) is 12.3 Å². The second-order valence-corrected chi connectivity index (χ2v) is 5.09. The van der Waals surface area contributed by atoms with Gasteiger partial charge in [0.15, 0.2) is 0 Å². The first-order chi connectivity index (χ1) is 9.95.